The number of carbonyl (C=O) groups is 2. The highest BCUT2D eigenvalue weighted by Gasteiger charge is 2.24. The van der Waals surface area contributed by atoms with Crippen molar-refractivity contribution in [2.45, 2.75) is 29.1 Å². The first-order valence-electron chi connectivity index (χ1n) is 7.31. The fourth-order valence-electron chi connectivity index (χ4n) is 2.64. The van der Waals surface area contributed by atoms with Gasteiger partial charge in [-0.3, -0.25) is 9.59 Å². The largest absolute Gasteiger partial charge is 0.496 e. The number of carbonyl (C=O) groups excluding carboxylic acids is 2. The third-order valence-corrected chi connectivity index (χ3v) is 5.32. The summed E-state index contributed by atoms with van der Waals surface area (Å²) in [5.74, 6) is -0.0114. The highest BCUT2D eigenvalue weighted by Crippen LogP contribution is 2.42. The van der Waals surface area contributed by atoms with Gasteiger partial charge in [-0.1, -0.05) is 30.0 Å². The molecule has 0 radical (unpaired) electrons. The summed E-state index contributed by atoms with van der Waals surface area (Å²) in [4.78, 5) is 25.9. The Kier molecular flexibility index (Phi) is 4.13. The van der Waals surface area contributed by atoms with Gasteiger partial charge in [-0.15, -0.1) is 0 Å². The zero-order chi connectivity index (χ0) is 16.6. The van der Waals surface area contributed by atoms with E-state index in [2.05, 4.69) is 0 Å². The minimum Gasteiger partial charge on any atom is -0.496 e. The van der Waals surface area contributed by atoms with Gasteiger partial charge in [0.25, 0.3) is 0 Å². The summed E-state index contributed by atoms with van der Waals surface area (Å²) in [6, 6.07) is 11.3. The normalized spacial score (nSPS) is 14.4. The van der Waals surface area contributed by atoms with Crippen LogP contribution in [-0.2, 0) is 11.2 Å². The number of hydrogen-bond donors (Lipinski definition) is 1. The molecule has 1 unspecified atom stereocenters. The molecule has 1 aliphatic heterocycles. The molecule has 2 aromatic rings. The number of ketones is 1. The molecule has 23 heavy (non-hydrogen) atoms. The fourth-order valence-corrected chi connectivity index (χ4v) is 3.81. The quantitative estimate of drug-likeness (QED) is 0.940. The second kappa shape index (κ2) is 6.08. The third kappa shape index (κ3) is 2.84. The number of nitrogens with two attached hydrogens (primary N) is 1. The van der Waals surface area contributed by atoms with Gasteiger partial charge in [0.1, 0.15) is 5.75 Å². The summed E-state index contributed by atoms with van der Waals surface area (Å²) < 4.78 is 5.42. The molecule has 2 aromatic carbocycles. The number of Topliss-reactive ketones (excluding diaryl/α,β-unsaturated/α-hetero) is 1. The summed E-state index contributed by atoms with van der Waals surface area (Å²) >= 11 is 1.53. The van der Waals surface area contributed by atoms with Crippen LogP contribution in [0.2, 0.25) is 0 Å². The molecule has 1 amide bonds. The van der Waals surface area contributed by atoms with E-state index in [1.807, 2.05) is 30.3 Å². The molecule has 4 nitrogen and oxygen atoms in total. The van der Waals surface area contributed by atoms with Crippen LogP contribution in [0.3, 0.4) is 0 Å². The molecule has 3 rings (SSSR count). The lowest BCUT2D eigenvalue weighted by molar-refractivity contribution is -0.119. The van der Waals surface area contributed by atoms with E-state index in [0.29, 0.717) is 12.0 Å². The van der Waals surface area contributed by atoms with E-state index in [9.17, 15) is 9.59 Å². The van der Waals surface area contributed by atoms with Crippen LogP contribution in [0.25, 0.3) is 0 Å². The van der Waals surface area contributed by atoms with Crippen molar-refractivity contribution in [3.63, 3.8) is 0 Å². The first-order chi connectivity index (χ1) is 11.0. The standard InChI is InChI=1S/C18H17NO3S/c1-10(18(19)21)11-6-7-16-13(8-11)14(20)9-12-4-3-5-15(22-2)17(12)23-16/h3-8,10H,9H2,1-2H3,(H2,19,21). The van der Waals surface area contributed by atoms with Gasteiger partial charge in [0.15, 0.2) is 5.78 Å². The molecule has 0 spiro atoms. The second-order valence-electron chi connectivity index (χ2n) is 5.53. The summed E-state index contributed by atoms with van der Waals surface area (Å²) in [7, 11) is 1.63. The number of hydrogen-bond acceptors (Lipinski definition) is 4. The van der Waals surface area contributed by atoms with Gasteiger partial charge in [-0.05, 0) is 36.2 Å². The van der Waals surface area contributed by atoms with Crippen LogP contribution in [0.15, 0.2) is 46.2 Å². The average Bonchev–Trinajstić information content (AvgIpc) is 2.69. The maximum absolute atomic E-state index is 12.6. The van der Waals surface area contributed by atoms with Gasteiger partial charge < -0.3 is 10.5 Å². The molecule has 1 atom stereocenters. The summed E-state index contributed by atoms with van der Waals surface area (Å²) in [5.41, 5.74) is 7.73. The SMILES string of the molecule is COc1cccc2c1Sc1ccc(C(C)C(N)=O)cc1C(=O)C2. The Morgan fingerprint density at radius 1 is 1.30 bits per heavy atom. The first kappa shape index (κ1) is 15.6. The Balaban J connectivity index is 2.09. The Hall–Kier alpha value is -2.27. The number of rotatable bonds is 3. The molecule has 118 valence electrons. The van der Waals surface area contributed by atoms with Gasteiger partial charge >= 0.3 is 0 Å². The van der Waals surface area contributed by atoms with Crippen LogP contribution in [0.5, 0.6) is 5.75 Å². The van der Waals surface area contributed by atoms with E-state index in [1.165, 1.54) is 11.8 Å². The lowest BCUT2D eigenvalue weighted by Gasteiger charge is -2.12. The van der Waals surface area contributed by atoms with Crippen LogP contribution in [0.1, 0.15) is 34.3 Å². The Bertz CT molecular complexity index is 801. The van der Waals surface area contributed by atoms with Crippen LogP contribution >= 0.6 is 11.8 Å². The van der Waals surface area contributed by atoms with Gasteiger partial charge in [0.2, 0.25) is 5.91 Å². The number of amides is 1. The molecular weight excluding hydrogens is 310 g/mol. The van der Waals surface area contributed by atoms with Crippen molar-refractivity contribution < 1.29 is 14.3 Å². The Morgan fingerprint density at radius 2 is 2.09 bits per heavy atom. The highest BCUT2D eigenvalue weighted by molar-refractivity contribution is 7.99. The van der Waals surface area contributed by atoms with Crippen molar-refractivity contribution in [2.75, 3.05) is 7.11 Å². The number of benzene rings is 2. The summed E-state index contributed by atoms with van der Waals surface area (Å²) in [6.07, 6.45) is 0.320. The monoisotopic (exact) mass is 327 g/mol. The first-order valence-corrected chi connectivity index (χ1v) is 8.13. The van der Waals surface area contributed by atoms with Crippen LogP contribution in [-0.4, -0.2) is 18.8 Å². The predicted molar refractivity (Wildman–Crippen MR) is 89.2 cm³/mol. The molecule has 1 aliphatic rings. The van der Waals surface area contributed by atoms with Gasteiger partial charge in [-0.25, -0.2) is 0 Å². The number of methoxy groups -OCH3 is 1. The van der Waals surface area contributed by atoms with Crippen molar-refractivity contribution in [3.8, 4) is 5.75 Å². The maximum Gasteiger partial charge on any atom is 0.224 e. The zero-order valence-electron chi connectivity index (χ0n) is 13.0. The third-order valence-electron chi connectivity index (χ3n) is 4.07. The number of fused-ring (bicyclic) bond motifs is 2. The van der Waals surface area contributed by atoms with E-state index in [4.69, 9.17) is 10.5 Å². The number of ether oxygens (including phenoxy) is 1. The van der Waals surface area contributed by atoms with Crippen molar-refractivity contribution in [2.24, 2.45) is 5.73 Å². The Morgan fingerprint density at radius 3 is 2.78 bits per heavy atom. The van der Waals surface area contributed by atoms with E-state index in [0.717, 1.165) is 26.7 Å². The minimum absolute atomic E-state index is 0.0398. The second-order valence-corrected chi connectivity index (χ2v) is 6.58. The predicted octanol–water partition coefficient (Wildman–Crippen LogP) is 3.17. The molecule has 0 bridgehead atoms. The van der Waals surface area contributed by atoms with Crippen LogP contribution < -0.4 is 10.5 Å². The molecule has 0 fully saturated rings. The van der Waals surface area contributed by atoms with Gasteiger partial charge in [-0.2, -0.15) is 0 Å². The summed E-state index contributed by atoms with van der Waals surface area (Å²) in [6.45, 7) is 1.75. The molecular formula is C18H17NO3S. The molecule has 0 saturated heterocycles. The van der Waals surface area contributed by atoms with E-state index in [1.54, 1.807) is 20.1 Å². The molecule has 1 heterocycles. The fraction of sp³-hybridized carbons (Fsp3) is 0.222. The van der Waals surface area contributed by atoms with Gasteiger partial charge in [0.05, 0.1) is 17.9 Å². The topological polar surface area (TPSA) is 69.4 Å². The summed E-state index contributed by atoms with van der Waals surface area (Å²) in [5, 5.41) is 0. The molecule has 2 N–H and O–H groups in total. The highest BCUT2D eigenvalue weighted by atomic mass is 32.2. The molecule has 0 aromatic heterocycles. The smallest absolute Gasteiger partial charge is 0.224 e. The van der Waals surface area contributed by atoms with E-state index >= 15 is 0 Å². The Labute approximate surface area is 139 Å². The molecule has 0 aliphatic carbocycles. The van der Waals surface area contributed by atoms with E-state index in [-0.39, 0.29) is 5.78 Å². The lowest BCUT2D eigenvalue weighted by atomic mass is 9.95. The van der Waals surface area contributed by atoms with Crippen molar-refractivity contribution >= 4 is 23.5 Å². The van der Waals surface area contributed by atoms with E-state index < -0.39 is 11.8 Å². The molecule has 5 heteroatoms. The van der Waals surface area contributed by atoms with Gasteiger partial charge in [0, 0.05) is 16.9 Å². The van der Waals surface area contributed by atoms with Crippen molar-refractivity contribution in [1.29, 1.82) is 0 Å². The van der Waals surface area contributed by atoms with Crippen LogP contribution in [0, 0.1) is 0 Å². The minimum atomic E-state index is -0.418. The molecule has 0 saturated carbocycles. The number of primary amides is 1. The van der Waals surface area contributed by atoms with Crippen molar-refractivity contribution in [1.82, 2.24) is 0 Å². The average molecular weight is 327 g/mol. The van der Waals surface area contributed by atoms with Crippen molar-refractivity contribution in [3.05, 3.63) is 53.1 Å². The zero-order valence-corrected chi connectivity index (χ0v) is 13.8. The van der Waals surface area contributed by atoms with Crippen LogP contribution in [0.4, 0.5) is 0 Å². The lowest BCUT2D eigenvalue weighted by Crippen LogP contribution is -2.19. The maximum atomic E-state index is 12.6.